The molecule has 5 nitrogen and oxygen atoms in total. The topological polar surface area (TPSA) is 76.0 Å². The van der Waals surface area contributed by atoms with Crippen molar-refractivity contribution < 1.29 is 24.5 Å². The summed E-state index contributed by atoms with van der Waals surface area (Å²) in [5.74, 6) is -0.971. The van der Waals surface area contributed by atoms with E-state index in [1.807, 2.05) is 0 Å². The summed E-state index contributed by atoms with van der Waals surface area (Å²) in [5.41, 5.74) is 0.815. The lowest BCUT2D eigenvalue weighted by atomic mass is 10.1. The van der Waals surface area contributed by atoms with Gasteiger partial charge in [-0.25, -0.2) is 4.79 Å². The van der Waals surface area contributed by atoms with E-state index in [9.17, 15) is 4.79 Å². The monoisotopic (exact) mass is 252 g/mol. The Morgan fingerprint density at radius 1 is 1.22 bits per heavy atom. The normalized spacial score (nSPS) is 10.7. The van der Waals surface area contributed by atoms with Crippen LogP contribution in [0.15, 0.2) is 30.5 Å². The number of carboxylic acids is 1. The van der Waals surface area contributed by atoms with E-state index in [-0.39, 0.29) is 18.8 Å². The molecule has 18 heavy (non-hydrogen) atoms. The molecule has 0 amide bonds. The second kappa shape index (κ2) is 8.27. The Morgan fingerprint density at radius 2 is 2.00 bits per heavy atom. The van der Waals surface area contributed by atoms with Crippen LogP contribution in [0.5, 0.6) is 0 Å². The number of aliphatic hydroxyl groups is 1. The van der Waals surface area contributed by atoms with Crippen LogP contribution in [0, 0.1) is 0 Å². The average molecular weight is 252 g/mol. The standard InChI is InChI=1S/C13H16O5/c14-6-8-18-10-9-17-7-5-11-3-1-2-4-12(11)13(15)16/h1-5,7,14H,6,8-10H2,(H,15,16). The van der Waals surface area contributed by atoms with Crippen LogP contribution in [0.2, 0.25) is 0 Å². The third kappa shape index (κ3) is 4.99. The maximum Gasteiger partial charge on any atom is 0.336 e. The highest BCUT2D eigenvalue weighted by atomic mass is 16.5. The van der Waals surface area contributed by atoms with Crippen molar-refractivity contribution in [3.8, 4) is 0 Å². The molecule has 0 heterocycles. The average Bonchev–Trinajstić information content (AvgIpc) is 2.38. The number of carbonyl (C=O) groups is 1. The van der Waals surface area contributed by atoms with Gasteiger partial charge < -0.3 is 19.7 Å². The van der Waals surface area contributed by atoms with Crippen molar-refractivity contribution in [3.63, 3.8) is 0 Å². The fourth-order valence-electron chi connectivity index (χ4n) is 1.30. The molecule has 0 saturated heterocycles. The first-order valence-electron chi connectivity index (χ1n) is 5.55. The molecule has 2 N–H and O–H groups in total. The van der Waals surface area contributed by atoms with Gasteiger partial charge in [-0.3, -0.25) is 0 Å². The second-order valence-corrected chi connectivity index (χ2v) is 3.40. The van der Waals surface area contributed by atoms with E-state index in [1.54, 1.807) is 24.3 Å². The van der Waals surface area contributed by atoms with E-state index in [0.717, 1.165) is 0 Å². The molecule has 0 spiro atoms. The highest BCUT2D eigenvalue weighted by Gasteiger charge is 2.05. The lowest BCUT2D eigenvalue weighted by Gasteiger charge is -2.02. The summed E-state index contributed by atoms with van der Waals surface area (Å²) in [4.78, 5) is 10.9. The minimum absolute atomic E-state index is 0.0121. The molecule has 0 atom stereocenters. The van der Waals surface area contributed by atoms with Gasteiger partial charge in [0.05, 0.1) is 31.6 Å². The third-order valence-corrected chi connectivity index (χ3v) is 2.12. The number of hydrogen-bond donors (Lipinski definition) is 2. The molecule has 1 aromatic carbocycles. The predicted octanol–water partition coefficient (Wildman–Crippen LogP) is 1.38. The van der Waals surface area contributed by atoms with Crippen LogP contribution in [-0.4, -0.2) is 42.6 Å². The van der Waals surface area contributed by atoms with Crippen molar-refractivity contribution in [2.75, 3.05) is 26.4 Å². The zero-order chi connectivity index (χ0) is 13.2. The largest absolute Gasteiger partial charge is 0.499 e. The van der Waals surface area contributed by atoms with Crippen LogP contribution in [-0.2, 0) is 9.47 Å². The molecule has 5 heteroatoms. The molecular weight excluding hydrogens is 236 g/mol. The first-order valence-corrected chi connectivity index (χ1v) is 5.55. The molecule has 0 aliphatic carbocycles. The molecule has 0 saturated carbocycles. The number of benzene rings is 1. The van der Waals surface area contributed by atoms with Gasteiger partial charge in [-0.15, -0.1) is 0 Å². The van der Waals surface area contributed by atoms with Gasteiger partial charge in [0.1, 0.15) is 6.61 Å². The zero-order valence-corrected chi connectivity index (χ0v) is 9.91. The molecule has 98 valence electrons. The molecule has 0 fully saturated rings. The molecular formula is C13H16O5. The molecule has 0 aliphatic heterocycles. The highest BCUT2D eigenvalue weighted by molar-refractivity contribution is 5.91. The van der Waals surface area contributed by atoms with Crippen LogP contribution < -0.4 is 0 Å². The lowest BCUT2D eigenvalue weighted by Crippen LogP contribution is -2.05. The fraction of sp³-hybridized carbons (Fsp3) is 0.308. The van der Waals surface area contributed by atoms with Crippen LogP contribution in [0.25, 0.3) is 6.08 Å². The van der Waals surface area contributed by atoms with Crippen LogP contribution in [0.3, 0.4) is 0 Å². The third-order valence-electron chi connectivity index (χ3n) is 2.12. The van der Waals surface area contributed by atoms with E-state index >= 15 is 0 Å². The van der Waals surface area contributed by atoms with E-state index in [2.05, 4.69) is 0 Å². The minimum Gasteiger partial charge on any atom is -0.499 e. The van der Waals surface area contributed by atoms with Crippen molar-refractivity contribution in [3.05, 3.63) is 41.7 Å². The van der Waals surface area contributed by atoms with Gasteiger partial charge in [0, 0.05) is 0 Å². The number of aliphatic hydroxyl groups excluding tert-OH is 1. The number of rotatable bonds is 8. The Kier molecular flexibility index (Phi) is 6.53. The van der Waals surface area contributed by atoms with Crippen LogP contribution >= 0.6 is 0 Å². The highest BCUT2D eigenvalue weighted by Crippen LogP contribution is 2.10. The molecule has 1 aromatic rings. The number of carboxylic acid groups (broad SMARTS) is 1. The first-order chi connectivity index (χ1) is 8.75. The maximum absolute atomic E-state index is 10.9. The summed E-state index contributed by atoms with van der Waals surface area (Å²) in [6.07, 6.45) is 3.03. The Hall–Kier alpha value is -1.85. The molecule has 0 bridgehead atoms. The summed E-state index contributed by atoms with van der Waals surface area (Å²) in [6, 6.07) is 6.67. The van der Waals surface area contributed by atoms with Gasteiger partial charge in [-0.05, 0) is 17.7 Å². The predicted molar refractivity (Wildman–Crippen MR) is 66.3 cm³/mol. The molecule has 0 radical (unpaired) electrons. The van der Waals surface area contributed by atoms with Gasteiger partial charge in [-0.2, -0.15) is 0 Å². The van der Waals surface area contributed by atoms with Crippen molar-refractivity contribution in [2.45, 2.75) is 0 Å². The quantitative estimate of drug-likeness (QED) is 0.540. The van der Waals surface area contributed by atoms with Crippen LogP contribution in [0.1, 0.15) is 15.9 Å². The second-order valence-electron chi connectivity index (χ2n) is 3.40. The van der Waals surface area contributed by atoms with Crippen molar-refractivity contribution in [1.82, 2.24) is 0 Å². The van der Waals surface area contributed by atoms with E-state index in [1.165, 1.54) is 12.3 Å². The van der Waals surface area contributed by atoms with Gasteiger partial charge in [0.15, 0.2) is 0 Å². The molecule has 1 rings (SSSR count). The number of hydrogen-bond acceptors (Lipinski definition) is 4. The van der Waals surface area contributed by atoms with Crippen LogP contribution in [0.4, 0.5) is 0 Å². The summed E-state index contributed by atoms with van der Waals surface area (Å²) < 4.78 is 10.1. The van der Waals surface area contributed by atoms with Gasteiger partial charge in [0.2, 0.25) is 0 Å². The Labute approximate surface area is 105 Å². The SMILES string of the molecule is O=C(O)c1ccccc1C=COCCOCCO. The zero-order valence-electron chi connectivity index (χ0n) is 9.91. The van der Waals surface area contributed by atoms with Crippen molar-refractivity contribution in [2.24, 2.45) is 0 Å². The summed E-state index contributed by atoms with van der Waals surface area (Å²) in [6.45, 7) is 1.01. The van der Waals surface area contributed by atoms with Crippen molar-refractivity contribution in [1.29, 1.82) is 0 Å². The molecule has 0 unspecified atom stereocenters. The lowest BCUT2D eigenvalue weighted by molar-refractivity contribution is 0.0604. The smallest absolute Gasteiger partial charge is 0.336 e. The minimum atomic E-state index is -0.971. The Balaban J connectivity index is 2.40. The van der Waals surface area contributed by atoms with Gasteiger partial charge >= 0.3 is 5.97 Å². The summed E-state index contributed by atoms with van der Waals surface area (Å²) >= 11 is 0. The summed E-state index contributed by atoms with van der Waals surface area (Å²) in [5, 5.41) is 17.4. The van der Waals surface area contributed by atoms with Gasteiger partial charge in [0.25, 0.3) is 0 Å². The number of aromatic carboxylic acids is 1. The molecule has 0 aliphatic rings. The van der Waals surface area contributed by atoms with Gasteiger partial charge in [-0.1, -0.05) is 18.2 Å². The number of ether oxygens (including phenoxy) is 2. The fourth-order valence-corrected chi connectivity index (χ4v) is 1.30. The maximum atomic E-state index is 10.9. The Morgan fingerprint density at radius 3 is 2.72 bits per heavy atom. The summed E-state index contributed by atoms with van der Waals surface area (Å²) in [7, 11) is 0. The van der Waals surface area contributed by atoms with Crippen molar-refractivity contribution >= 4 is 12.0 Å². The van der Waals surface area contributed by atoms with E-state index < -0.39 is 5.97 Å². The molecule has 0 aromatic heterocycles. The van der Waals surface area contributed by atoms with E-state index in [0.29, 0.717) is 18.8 Å². The Bertz CT molecular complexity index is 400. The first kappa shape index (κ1) is 14.2. The van der Waals surface area contributed by atoms with E-state index in [4.69, 9.17) is 19.7 Å².